The van der Waals surface area contributed by atoms with Gasteiger partial charge in [-0.2, -0.15) is 0 Å². The summed E-state index contributed by atoms with van der Waals surface area (Å²) in [6.45, 7) is 0. The van der Waals surface area contributed by atoms with Crippen molar-refractivity contribution in [1.29, 1.82) is 0 Å². The number of benzene rings is 3. The van der Waals surface area contributed by atoms with Crippen LogP contribution in [-0.4, -0.2) is 19.1 Å². The van der Waals surface area contributed by atoms with Crippen LogP contribution in [0.1, 0.15) is 11.1 Å². The topological polar surface area (TPSA) is 16.1 Å². The molecule has 0 atom stereocenters. The molecular weight excluding hydrogens is 328 g/mol. The van der Waals surface area contributed by atoms with Crippen LogP contribution in [-0.2, 0) is 0 Å². The molecule has 0 aliphatic carbocycles. The summed E-state index contributed by atoms with van der Waals surface area (Å²) < 4.78 is 0. The van der Waals surface area contributed by atoms with Gasteiger partial charge in [-0.25, -0.2) is 0 Å². The Labute approximate surface area is 160 Å². The summed E-state index contributed by atoms with van der Waals surface area (Å²) in [5.41, 5.74) is 7.01. The predicted molar refractivity (Wildman–Crippen MR) is 117 cm³/mol. The standard InChI is InChI=1S/C25H22N2/c1-27(2)23-13-9-19(10-14-23)8-11-21-16-17-26-25-15-12-22(18-24(21)25)20-6-4-3-5-7-20/h3-18H,1-2H3/b11-8-. The minimum Gasteiger partial charge on any atom is -0.378 e. The van der Waals surface area contributed by atoms with Gasteiger partial charge >= 0.3 is 0 Å². The van der Waals surface area contributed by atoms with E-state index < -0.39 is 0 Å². The number of rotatable bonds is 4. The van der Waals surface area contributed by atoms with Crippen molar-refractivity contribution >= 4 is 28.7 Å². The van der Waals surface area contributed by atoms with E-state index >= 15 is 0 Å². The Morgan fingerprint density at radius 3 is 2.26 bits per heavy atom. The van der Waals surface area contributed by atoms with Crippen LogP contribution < -0.4 is 4.90 Å². The average Bonchev–Trinajstić information content (AvgIpc) is 2.72. The van der Waals surface area contributed by atoms with Gasteiger partial charge in [-0.05, 0) is 52.6 Å². The molecule has 0 fully saturated rings. The lowest BCUT2D eigenvalue weighted by Crippen LogP contribution is -2.07. The molecule has 0 unspecified atom stereocenters. The molecule has 2 heteroatoms. The van der Waals surface area contributed by atoms with Gasteiger partial charge in [0.15, 0.2) is 0 Å². The summed E-state index contributed by atoms with van der Waals surface area (Å²) in [6, 6.07) is 27.6. The summed E-state index contributed by atoms with van der Waals surface area (Å²) in [5.74, 6) is 0. The van der Waals surface area contributed by atoms with Gasteiger partial charge in [-0.1, -0.05) is 60.7 Å². The highest BCUT2D eigenvalue weighted by atomic mass is 15.1. The minimum atomic E-state index is 1.01. The van der Waals surface area contributed by atoms with Crippen LogP contribution in [0.2, 0.25) is 0 Å². The lowest BCUT2D eigenvalue weighted by Gasteiger charge is -2.11. The third-order valence-corrected chi connectivity index (χ3v) is 4.75. The number of pyridine rings is 1. The van der Waals surface area contributed by atoms with Gasteiger partial charge in [0.1, 0.15) is 0 Å². The molecule has 0 saturated carbocycles. The number of hydrogen-bond acceptors (Lipinski definition) is 2. The molecule has 0 bridgehead atoms. The zero-order chi connectivity index (χ0) is 18.6. The Bertz CT molecular complexity index is 1080. The van der Waals surface area contributed by atoms with Crippen molar-refractivity contribution in [3.63, 3.8) is 0 Å². The van der Waals surface area contributed by atoms with Gasteiger partial charge in [-0.3, -0.25) is 4.98 Å². The molecular formula is C25H22N2. The van der Waals surface area contributed by atoms with Gasteiger partial charge in [0.2, 0.25) is 0 Å². The molecule has 0 spiro atoms. The molecule has 0 amide bonds. The summed E-state index contributed by atoms with van der Waals surface area (Å²) in [6.07, 6.45) is 6.20. The number of nitrogens with zero attached hydrogens (tertiary/aromatic N) is 2. The molecule has 0 aliphatic rings. The monoisotopic (exact) mass is 350 g/mol. The van der Waals surface area contributed by atoms with E-state index in [1.54, 1.807) is 0 Å². The summed E-state index contributed by atoms with van der Waals surface area (Å²) in [7, 11) is 4.11. The van der Waals surface area contributed by atoms with Gasteiger partial charge in [0, 0.05) is 31.4 Å². The van der Waals surface area contributed by atoms with Gasteiger partial charge < -0.3 is 4.90 Å². The Kier molecular flexibility index (Phi) is 4.71. The molecule has 0 radical (unpaired) electrons. The molecule has 4 aromatic rings. The lowest BCUT2D eigenvalue weighted by atomic mass is 10.0. The quantitative estimate of drug-likeness (QED) is 0.439. The zero-order valence-electron chi connectivity index (χ0n) is 15.6. The van der Waals surface area contributed by atoms with Crippen molar-refractivity contribution in [1.82, 2.24) is 4.98 Å². The first kappa shape index (κ1) is 17.0. The fourth-order valence-electron chi connectivity index (χ4n) is 3.19. The fourth-order valence-corrected chi connectivity index (χ4v) is 3.19. The predicted octanol–water partition coefficient (Wildman–Crippen LogP) is 6.14. The number of hydrogen-bond donors (Lipinski definition) is 0. The number of fused-ring (bicyclic) bond motifs is 1. The van der Waals surface area contributed by atoms with E-state index in [4.69, 9.17) is 0 Å². The first-order chi connectivity index (χ1) is 13.2. The molecule has 1 aromatic heterocycles. The van der Waals surface area contributed by atoms with Crippen LogP contribution in [0.15, 0.2) is 85.1 Å². The first-order valence-corrected chi connectivity index (χ1v) is 9.10. The Hall–Kier alpha value is -3.39. The van der Waals surface area contributed by atoms with Crippen molar-refractivity contribution in [2.45, 2.75) is 0 Å². The molecule has 0 saturated heterocycles. The molecule has 2 nitrogen and oxygen atoms in total. The van der Waals surface area contributed by atoms with Crippen molar-refractivity contribution in [2.24, 2.45) is 0 Å². The van der Waals surface area contributed by atoms with Gasteiger partial charge in [0.05, 0.1) is 5.52 Å². The molecule has 0 N–H and O–H groups in total. The third kappa shape index (κ3) is 3.75. The second-order valence-electron chi connectivity index (χ2n) is 6.82. The minimum absolute atomic E-state index is 1.01. The van der Waals surface area contributed by atoms with E-state index in [0.29, 0.717) is 0 Å². The average molecular weight is 350 g/mol. The SMILES string of the molecule is CN(C)c1ccc(/C=C\c2ccnc3ccc(-c4ccccc4)cc23)cc1. The van der Waals surface area contributed by atoms with E-state index in [9.17, 15) is 0 Å². The molecule has 132 valence electrons. The maximum Gasteiger partial charge on any atom is 0.0708 e. The van der Waals surface area contributed by atoms with Gasteiger partial charge in [-0.15, -0.1) is 0 Å². The fraction of sp³-hybridized carbons (Fsp3) is 0.0800. The van der Waals surface area contributed by atoms with Crippen LogP contribution in [0.5, 0.6) is 0 Å². The highest BCUT2D eigenvalue weighted by Crippen LogP contribution is 2.26. The number of anilines is 1. The Balaban J connectivity index is 1.70. The van der Waals surface area contributed by atoms with E-state index in [-0.39, 0.29) is 0 Å². The zero-order valence-corrected chi connectivity index (χ0v) is 15.6. The molecule has 0 aliphatic heterocycles. The second-order valence-corrected chi connectivity index (χ2v) is 6.82. The third-order valence-electron chi connectivity index (χ3n) is 4.75. The highest BCUT2D eigenvalue weighted by Gasteiger charge is 2.03. The second kappa shape index (κ2) is 7.46. The number of aromatic nitrogens is 1. The van der Waals surface area contributed by atoms with Crippen LogP contribution in [0.3, 0.4) is 0 Å². The first-order valence-electron chi connectivity index (χ1n) is 9.10. The maximum atomic E-state index is 4.52. The van der Waals surface area contributed by atoms with Crippen molar-refractivity contribution in [2.75, 3.05) is 19.0 Å². The summed E-state index contributed by atoms with van der Waals surface area (Å²) in [5, 5.41) is 1.17. The lowest BCUT2D eigenvalue weighted by molar-refractivity contribution is 1.13. The van der Waals surface area contributed by atoms with Crippen LogP contribution in [0.25, 0.3) is 34.2 Å². The normalized spacial score (nSPS) is 11.2. The molecule has 3 aromatic carbocycles. The van der Waals surface area contributed by atoms with Crippen LogP contribution in [0.4, 0.5) is 5.69 Å². The van der Waals surface area contributed by atoms with Crippen LogP contribution >= 0.6 is 0 Å². The largest absolute Gasteiger partial charge is 0.378 e. The van der Waals surface area contributed by atoms with E-state index in [1.807, 2.05) is 12.3 Å². The van der Waals surface area contributed by atoms with Gasteiger partial charge in [0.25, 0.3) is 0 Å². The maximum absolute atomic E-state index is 4.52. The van der Waals surface area contributed by atoms with Crippen LogP contribution in [0, 0.1) is 0 Å². The molecule has 4 rings (SSSR count). The Morgan fingerprint density at radius 2 is 1.52 bits per heavy atom. The highest BCUT2D eigenvalue weighted by molar-refractivity contribution is 5.93. The smallest absolute Gasteiger partial charge is 0.0708 e. The van der Waals surface area contributed by atoms with E-state index in [2.05, 4.69) is 109 Å². The van der Waals surface area contributed by atoms with Crippen molar-refractivity contribution in [3.8, 4) is 11.1 Å². The van der Waals surface area contributed by atoms with E-state index in [1.165, 1.54) is 33.3 Å². The Morgan fingerprint density at radius 1 is 0.741 bits per heavy atom. The van der Waals surface area contributed by atoms with Crippen molar-refractivity contribution in [3.05, 3.63) is 96.2 Å². The van der Waals surface area contributed by atoms with E-state index in [0.717, 1.165) is 5.52 Å². The summed E-state index contributed by atoms with van der Waals surface area (Å²) >= 11 is 0. The van der Waals surface area contributed by atoms with Crippen molar-refractivity contribution < 1.29 is 0 Å². The molecule has 1 heterocycles. The molecule has 27 heavy (non-hydrogen) atoms. The summed E-state index contributed by atoms with van der Waals surface area (Å²) in [4.78, 5) is 6.63.